The Hall–Kier alpha value is -1.46. The molecular weight excluding hydrogens is 266 g/mol. The molecule has 0 aromatic carbocycles. The topological polar surface area (TPSA) is 72.7 Å². The van der Waals surface area contributed by atoms with Gasteiger partial charge in [-0.05, 0) is 36.6 Å². The zero-order chi connectivity index (χ0) is 15.1. The number of amides is 1. The van der Waals surface area contributed by atoms with Gasteiger partial charge in [0.1, 0.15) is 0 Å². The lowest BCUT2D eigenvalue weighted by atomic mass is 9.86. The minimum atomic E-state index is 0.157. The molecule has 118 valence electrons. The van der Waals surface area contributed by atoms with E-state index in [0.29, 0.717) is 19.4 Å². The molecule has 0 radical (unpaired) electrons. The first-order chi connectivity index (χ1) is 10.2. The highest BCUT2D eigenvalue weighted by Crippen LogP contribution is 2.27. The Bertz CT molecular complexity index is 437. The van der Waals surface area contributed by atoms with Crippen LogP contribution in [-0.4, -0.2) is 32.7 Å². The van der Waals surface area contributed by atoms with Crippen LogP contribution in [0.25, 0.3) is 0 Å². The second-order valence-electron chi connectivity index (χ2n) is 6.28. The van der Waals surface area contributed by atoms with Crippen LogP contribution in [0.15, 0.2) is 0 Å². The number of tetrazole rings is 1. The first kappa shape index (κ1) is 15.9. The summed E-state index contributed by atoms with van der Waals surface area (Å²) in [5.74, 6) is 1.75. The Morgan fingerprint density at radius 2 is 2.10 bits per heavy atom. The molecule has 0 saturated heterocycles. The first-order valence-corrected chi connectivity index (χ1v) is 8.20. The van der Waals surface area contributed by atoms with Crippen LogP contribution in [0.2, 0.25) is 0 Å². The lowest BCUT2D eigenvalue weighted by molar-refractivity contribution is -0.121. The molecule has 0 aliphatic heterocycles. The summed E-state index contributed by atoms with van der Waals surface area (Å²) in [4.78, 5) is 11.9. The average molecular weight is 293 g/mol. The number of hydrogen-bond acceptors (Lipinski definition) is 4. The van der Waals surface area contributed by atoms with Gasteiger partial charge in [0.15, 0.2) is 5.82 Å². The molecule has 6 heteroatoms. The zero-order valence-corrected chi connectivity index (χ0v) is 13.2. The van der Waals surface area contributed by atoms with Crippen LogP contribution < -0.4 is 5.32 Å². The van der Waals surface area contributed by atoms with E-state index in [1.54, 1.807) is 4.68 Å². The standard InChI is InChI=1S/C15H27N5O/c1-12(2)20-14(17-18-19-20)10-11-16-15(21)9-8-13-6-4-3-5-7-13/h12-13H,3-11H2,1-2H3,(H,16,21). The van der Waals surface area contributed by atoms with Gasteiger partial charge in [0.05, 0.1) is 6.04 Å². The summed E-state index contributed by atoms with van der Waals surface area (Å²) in [6.45, 7) is 4.70. The minimum absolute atomic E-state index is 0.157. The Morgan fingerprint density at radius 1 is 1.33 bits per heavy atom. The van der Waals surface area contributed by atoms with E-state index in [1.807, 2.05) is 13.8 Å². The van der Waals surface area contributed by atoms with Crippen molar-refractivity contribution < 1.29 is 4.79 Å². The highest BCUT2D eigenvalue weighted by atomic mass is 16.1. The van der Waals surface area contributed by atoms with Crippen molar-refractivity contribution in [3.05, 3.63) is 5.82 Å². The van der Waals surface area contributed by atoms with Gasteiger partial charge in [0.25, 0.3) is 0 Å². The van der Waals surface area contributed by atoms with Crippen LogP contribution in [0.1, 0.15) is 70.7 Å². The Balaban J connectivity index is 1.63. The maximum absolute atomic E-state index is 11.9. The van der Waals surface area contributed by atoms with Gasteiger partial charge in [0, 0.05) is 19.4 Å². The van der Waals surface area contributed by atoms with E-state index in [2.05, 4.69) is 20.8 Å². The first-order valence-electron chi connectivity index (χ1n) is 8.20. The van der Waals surface area contributed by atoms with E-state index >= 15 is 0 Å². The second-order valence-corrected chi connectivity index (χ2v) is 6.28. The smallest absolute Gasteiger partial charge is 0.220 e. The van der Waals surface area contributed by atoms with Gasteiger partial charge in [0.2, 0.25) is 5.91 Å². The molecule has 6 nitrogen and oxygen atoms in total. The predicted molar refractivity (Wildman–Crippen MR) is 80.7 cm³/mol. The maximum Gasteiger partial charge on any atom is 0.220 e. The Labute approximate surface area is 126 Å². The van der Waals surface area contributed by atoms with Gasteiger partial charge in [-0.3, -0.25) is 4.79 Å². The molecule has 0 spiro atoms. The molecule has 1 N–H and O–H groups in total. The Morgan fingerprint density at radius 3 is 2.81 bits per heavy atom. The molecule has 1 heterocycles. The predicted octanol–water partition coefficient (Wildman–Crippen LogP) is 2.27. The molecule has 1 amide bonds. The number of rotatable bonds is 7. The fourth-order valence-corrected chi connectivity index (χ4v) is 2.99. The normalized spacial score (nSPS) is 16.3. The largest absolute Gasteiger partial charge is 0.356 e. The summed E-state index contributed by atoms with van der Waals surface area (Å²) in [5.41, 5.74) is 0. The van der Waals surface area contributed by atoms with Crippen LogP contribution in [0, 0.1) is 5.92 Å². The number of nitrogens with zero attached hydrogens (tertiary/aromatic N) is 4. The van der Waals surface area contributed by atoms with Crippen molar-refractivity contribution in [3.63, 3.8) is 0 Å². The molecular formula is C15H27N5O. The third kappa shape index (κ3) is 5.10. The van der Waals surface area contributed by atoms with Gasteiger partial charge in [-0.2, -0.15) is 0 Å². The zero-order valence-electron chi connectivity index (χ0n) is 13.2. The average Bonchev–Trinajstić information content (AvgIpc) is 2.95. The van der Waals surface area contributed by atoms with E-state index in [-0.39, 0.29) is 11.9 Å². The molecule has 1 aliphatic carbocycles. The van der Waals surface area contributed by atoms with Crippen molar-refractivity contribution in [2.75, 3.05) is 6.54 Å². The van der Waals surface area contributed by atoms with Crippen molar-refractivity contribution in [3.8, 4) is 0 Å². The van der Waals surface area contributed by atoms with Gasteiger partial charge in [-0.1, -0.05) is 32.1 Å². The third-order valence-electron chi connectivity index (χ3n) is 4.23. The van der Waals surface area contributed by atoms with Gasteiger partial charge < -0.3 is 5.32 Å². The summed E-state index contributed by atoms with van der Waals surface area (Å²) in [7, 11) is 0. The number of carbonyl (C=O) groups excluding carboxylic acids is 1. The monoisotopic (exact) mass is 293 g/mol. The molecule has 1 aromatic rings. The van der Waals surface area contributed by atoms with E-state index in [1.165, 1.54) is 32.1 Å². The summed E-state index contributed by atoms with van der Waals surface area (Å²) in [6, 6.07) is 0.247. The fourth-order valence-electron chi connectivity index (χ4n) is 2.99. The highest BCUT2D eigenvalue weighted by Gasteiger charge is 2.15. The van der Waals surface area contributed by atoms with Crippen LogP contribution in [0.5, 0.6) is 0 Å². The molecule has 1 fully saturated rings. The molecule has 0 atom stereocenters. The number of carbonyl (C=O) groups is 1. The van der Waals surface area contributed by atoms with Crippen molar-refractivity contribution in [2.24, 2.45) is 5.92 Å². The minimum Gasteiger partial charge on any atom is -0.356 e. The molecule has 0 bridgehead atoms. The van der Waals surface area contributed by atoms with E-state index in [9.17, 15) is 4.79 Å². The number of nitrogens with one attached hydrogen (secondary N) is 1. The van der Waals surface area contributed by atoms with E-state index in [0.717, 1.165) is 18.2 Å². The van der Waals surface area contributed by atoms with Crippen LogP contribution in [0.3, 0.4) is 0 Å². The summed E-state index contributed by atoms with van der Waals surface area (Å²) in [6.07, 6.45) is 9.02. The summed E-state index contributed by atoms with van der Waals surface area (Å²) < 4.78 is 1.80. The quantitative estimate of drug-likeness (QED) is 0.837. The lowest BCUT2D eigenvalue weighted by Gasteiger charge is -2.20. The molecule has 21 heavy (non-hydrogen) atoms. The molecule has 1 saturated carbocycles. The molecule has 2 rings (SSSR count). The van der Waals surface area contributed by atoms with E-state index in [4.69, 9.17) is 0 Å². The lowest BCUT2D eigenvalue weighted by Crippen LogP contribution is -2.27. The molecule has 1 aliphatic rings. The highest BCUT2D eigenvalue weighted by molar-refractivity contribution is 5.75. The van der Waals surface area contributed by atoms with Crippen molar-refractivity contribution in [1.29, 1.82) is 0 Å². The van der Waals surface area contributed by atoms with Crippen LogP contribution in [0.4, 0.5) is 0 Å². The van der Waals surface area contributed by atoms with Crippen molar-refractivity contribution >= 4 is 5.91 Å². The Kier molecular flexibility index (Phi) is 6.14. The fraction of sp³-hybridized carbons (Fsp3) is 0.867. The van der Waals surface area contributed by atoms with Gasteiger partial charge in [-0.25, -0.2) is 4.68 Å². The number of aromatic nitrogens is 4. The van der Waals surface area contributed by atoms with Crippen LogP contribution in [-0.2, 0) is 11.2 Å². The second kappa shape index (κ2) is 8.10. The van der Waals surface area contributed by atoms with Gasteiger partial charge >= 0.3 is 0 Å². The SMILES string of the molecule is CC(C)n1nnnc1CCNC(=O)CCC1CCCCC1. The van der Waals surface area contributed by atoms with Gasteiger partial charge in [-0.15, -0.1) is 5.10 Å². The third-order valence-corrected chi connectivity index (χ3v) is 4.23. The van der Waals surface area contributed by atoms with Crippen molar-refractivity contribution in [2.45, 2.75) is 71.3 Å². The van der Waals surface area contributed by atoms with Crippen LogP contribution >= 0.6 is 0 Å². The molecule has 0 unspecified atom stereocenters. The number of hydrogen-bond donors (Lipinski definition) is 1. The summed E-state index contributed by atoms with van der Waals surface area (Å²) >= 11 is 0. The van der Waals surface area contributed by atoms with E-state index < -0.39 is 0 Å². The summed E-state index contributed by atoms with van der Waals surface area (Å²) in [5, 5.41) is 14.6. The molecule has 1 aromatic heterocycles. The maximum atomic E-state index is 11.9. The van der Waals surface area contributed by atoms with Crippen molar-refractivity contribution in [1.82, 2.24) is 25.5 Å².